The van der Waals surface area contributed by atoms with Crippen LogP contribution >= 0.6 is 0 Å². The molecule has 0 atom stereocenters. The molecule has 7 nitrogen and oxygen atoms in total. The normalized spacial score (nSPS) is 10.6. The number of aromatic nitrogens is 4. The molecule has 0 unspecified atom stereocenters. The van der Waals surface area contributed by atoms with Crippen LogP contribution < -0.4 is 5.32 Å². The second-order valence-corrected chi connectivity index (χ2v) is 4.53. The van der Waals surface area contributed by atoms with E-state index in [-0.39, 0.29) is 5.91 Å². The molecule has 2 aromatic heterocycles. The maximum atomic E-state index is 12.1. The van der Waals surface area contributed by atoms with Gasteiger partial charge in [-0.3, -0.25) is 4.79 Å². The summed E-state index contributed by atoms with van der Waals surface area (Å²) < 4.78 is 6.73. The summed E-state index contributed by atoms with van der Waals surface area (Å²) >= 11 is 0. The third-order valence-electron chi connectivity index (χ3n) is 3.08. The van der Waals surface area contributed by atoms with E-state index >= 15 is 0 Å². The second-order valence-electron chi connectivity index (χ2n) is 4.53. The Labute approximate surface area is 120 Å². The fourth-order valence-electron chi connectivity index (χ4n) is 2.00. The first-order chi connectivity index (χ1) is 10.1. The highest BCUT2D eigenvalue weighted by Crippen LogP contribution is 2.17. The van der Waals surface area contributed by atoms with Gasteiger partial charge in [0.05, 0.1) is 17.5 Å². The van der Waals surface area contributed by atoms with Crippen molar-refractivity contribution in [1.82, 2.24) is 20.2 Å². The lowest BCUT2D eigenvalue weighted by Crippen LogP contribution is -2.12. The number of anilines is 1. The SMILES string of the molecule is Cc1occc1C(=O)Nc1cccc(-n2nnnc2C)c1. The van der Waals surface area contributed by atoms with E-state index in [1.807, 2.05) is 12.1 Å². The summed E-state index contributed by atoms with van der Waals surface area (Å²) in [7, 11) is 0. The summed E-state index contributed by atoms with van der Waals surface area (Å²) in [4.78, 5) is 12.1. The number of amides is 1. The number of furan rings is 1. The fraction of sp³-hybridized carbons (Fsp3) is 0.143. The lowest BCUT2D eigenvalue weighted by Gasteiger charge is -2.07. The molecule has 0 saturated carbocycles. The Morgan fingerprint density at radius 2 is 2.14 bits per heavy atom. The van der Waals surface area contributed by atoms with Gasteiger partial charge in [0.2, 0.25) is 0 Å². The van der Waals surface area contributed by atoms with Crippen molar-refractivity contribution in [2.75, 3.05) is 5.32 Å². The minimum absolute atomic E-state index is 0.216. The number of tetrazole rings is 1. The zero-order valence-corrected chi connectivity index (χ0v) is 11.6. The topological polar surface area (TPSA) is 85.8 Å². The van der Waals surface area contributed by atoms with Crippen molar-refractivity contribution in [2.24, 2.45) is 0 Å². The average Bonchev–Trinajstić information content (AvgIpc) is 3.07. The third kappa shape index (κ3) is 2.53. The van der Waals surface area contributed by atoms with Crippen LogP contribution in [-0.4, -0.2) is 26.1 Å². The number of carbonyl (C=O) groups excluding carboxylic acids is 1. The first kappa shape index (κ1) is 13.0. The Balaban J connectivity index is 1.86. The Morgan fingerprint density at radius 1 is 1.29 bits per heavy atom. The molecule has 0 saturated heterocycles. The van der Waals surface area contributed by atoms with Gasteiger partial charge in [-0.25, -0.2) is 0 Å². The average molecular weight is 283 g/mol. The Kier molecular flexibility index (Phi) is 3.23. The fourth-order valence-corrected chi connectivity index (χ4v) is 2.00. The summed E-state index contributed by atoms with van der Waals surface area (Å²) in [5.74, 6) is 1.04. The van der Waals surface area contributed by atoms with Gasteiger partial charge >= 0.3 is 0 Å². The van der Waals surface area contributed by atoms with E-state index in [1.54, 1.807) is 36.7 Å². The maximum absolute atomic E-state index is 12.1. The van der Waals surface area contributed by atoms with Gasteiger partial charge in [0.25, 0.3) is 5.91 Å². The lowest BCUT2D eigenvalue weighted by atomic mass is 10.2. The molecular formula is C14H13N5O2. The molecule has 0 bridgehead atoms. The van der Waals surface area contributed by atoms with Crippen molar-refractivity contribution in [3.05, 3.63) is 53.7 Å². The standard InChI is InChI=1S/C14H13N5O2/c1-9-13(6-7-21-9)14(20)15-11-4-3-5-12(8-11)19-10(2)16-17-18-19/h3-8H,1-2H3,(H,15,20). The summed E-state index contributed by atoms with van der Waals surface area (Å²) in [6.45, 7) is 3.55. The van der Waals surface area contributed by atoms with Crippen LogP contribution in [0.25, 0.3) is 5.69 Å². The van der Waals surface area contributed by atoms with E-state index in [4.69, 9.17) is 4.42 Å². The van der Waals surface area contributed by atoms with Gasteiger partial charge in [0.1, 0.15) is 5.76 Å². The second kappa shape index (κ2) is 5.20. The number of carbonyl (C=O) groups is 1. The number of nitrogens with one attached hydrogen (secondary N) is 1. The highest BCUT2D eigenvalue weighted by atomic mass is 16.3. The van der Waals surface area contributed by atoms with E-state index in [0.717, 1.165) is 5.69 Å². The van der Waals surface area contributed by atoms with Crippen LogP contribution in [0.15, 0.2) is 41.0 Å². The quantitative estimate of drug-likeness (QED) is 0.795. The predicted octanol–water partition coefficient (Wildman–Crippen LogP) is 2.12. The monoisotopic (exact) mass is 283 g/mol. The Hall–Kier alpha value is -2.96. The summed E-state index contributed by atoms with van der Waals surface area (Å²) in [6, 6.07) is 8.93. The molecular weight excluding hydrogens is 270 g/mol. The highest BCUT2D eigenvalue weighted by molar-refractivity contribution is 6.05. The van der Waals surface area contributed by atoms with E-state index in [1.165, 1.54) is 6.26 Å². The van der Waals surface area contributed by atoms with Gasteiger partial charge in [-0.15, -0.1) is 5.10 Å². The minimum atomic E-state index is -0.216. The predicted molar refractivity (Wildman–Crippen MR) is 75.3 cm³/mol. The van der Waals surface area contributed by atoms with Crippen LogP contribution in [0.2, 0.25) is 0 Å². The van der Waals surface area contributed by atoms with E-state index in [2.05, 4.69) is 20.8 Å². The van der Waals surface area contributed by atoms with Crippen LogP contribution in [0.4, 0.5) is 5.69 Å². The molecule has 0 spiro atoms. The molecule has 3 aromatic rings. The first-order valence-electron chi connectivity index (χ1n) is 6.36. The number of aryl methyl sites for hydroxylation is 2. The molecule has 0 radical (unpaired) electrons. The molecule has 1 N–H and O–H groups in total. The van der Waals surface area contributed by atoms with E-state index in [9.17, 15) is 4.79 Å². The molecule has 106 valence electrons. The van der Waals surface area contributed by atoms with Crippen molar-refractivity contribution in [3.63, 3.8) is 0 Å². The maximum Gasteiger partial charge on any atom is 0.259 e. The van der Waals surface area contributed by atoms with Crippen molar-refractivity contribution in [3.8, 4) is 5.69 Å². The summed E-state index contributed by atoms with van der Waals surface area (Å²) in [5, 5.41) is 14.2. The third-order valence-corrected chi connectivity index (χ3v) is 3.08. The van der Waals surface area contributed by atoms with Crippen LogP contribution in [0.3, 0.4) is 0 Å². The molecule has 1 aromatic carbocycles. The zero-order chi connectivity index (χ0) is 14.8. The molecule has 0 fully saturated rings. The zero-order valence-electron chi connectivity index (χ0n) is 11.6. The highest BCUT2D eigenvalue weighted by Gasteiger charge is 2.12. The smallest absolute Gasteiger partial charge is 0.259 e. The Morgan fingerprint density at radius 3 is 2.81 bits per heavy atom. The van der Waals surface area contributed by atoms with Gasteiger partial charge in [0, 0.05) is 5.69 Å². The van der Waals surface area contributed by atoms with Crippen LogP contribution in [0.5, 0.6) is 0 Å². The van der Waals surface area contributed by atoms with Gasteiger partial charge in [-0.1, -0.05) is 6.07 Å². The van der Waals surface area contributed by atoms with Crippen LogP contribution in [0, 0.1) is 13.8 Å². The largest absolute Gasteiger partial charge is 0.469 e. The Bertz CT molecular complexity index is 790. The summed E-state index contributed by atoms with van der Waals surface area (Å²) in [5.41, 5.74) is 1.95. The molecule has 7 heteroatoms. The van der Waals surface area contributed by atoms with Gasteiger partial charge in [-0.05, 0) is 48.5 Å². The van der Waals surface area contributed by atoms with Crippen LogP contribution in [0.1, 0.15) is 21.9 Å². The molecule has 3 rings (SSSR count). The van der Waals surface area contributed by atoms with Crippen LogP contribution in [-0.2, 0) is 0 Å². The van der Waals surface area contributed by atoms with E-state index in [0.29, 0.717) is 22.8 Å². The number of benzene rings is 1. The van der Waals surface area contributed by atoms with Crippen molar-refractivity contribution in [1.29, 1.82) is 0 Å². The van der Waals surface area contributed by atoms with Crippen molar-refractivity contribution in [2.45, 2.75) is 13.8 Å². The van der Waals surface area contributed by atoms with Gasteiger partial charge < -0.3 is 9.73 Å². The summed E-state index contributed by atoms with van der Waals surface area (Å²) in [6.07, 6.45) is 1.49. The van der Waals surface area contributed by atoms with Gasteiger partial charge in [0.15, 0.2) is 5.82 Å². The minimum Gasteiger partial charge on any atom is -0.469 e. The molecule has 2 heterocycles. The molecule has 0 aliphatic heterocycles. The molecule has 21 heavy (non-hydrogen) atoms. The van der Waals surface area contributed by atoms with E-state index < -0.39 is 0 Å². The number of rotatable bonds is 3. The number of hydrogen-bond donors (Lipinski definition) is 1. The van der Waals surface area contributed by atoms with Crippen molar-refractivity contribution < 1.29 is 9.21 Å². The van der Waals surface area contributed by atoms with Crippen molar-refractivity contribution >= 4 is 11.6 Å². The number of hydrogen-bond acceptors (Lipinski definition) is 5. The van der Waals surface area contributed by atoms with Gasteiger partial charge in [-0.2, -0.15) is 4.68 Å². The number of nitrogens with zero attached hydrogens (tertiary/aromatic N) is 4. The first-order valence-corrected chi connectivity index (χ1v) is 6.36. The lowest BCUT2D eigenvalue weighted by molar-refractivity contribution is 0.102. The molecule has 0 aliphatic carbocycles. The molecule has 0 aliphatic rings. The molecule has 1 amide bonds.